The van der Waals surface area contributed by atoms with Crippen molar-refractivity contribution in [3.05, 3.63) is 40.5 Å². The number of rotatable bonds is 3. The Morgan fingerprint density at radius 3 is 2.67 bits per heavy atom. The molecule has 160 valence electrons. The van der Waals surface area contributed by atoms with Crippen LogP contribution in [0.5, 0.6) is 0 Å². The van der Waals surface area contributed by atoms with Gasteiger partial charge in [-0.1, -0.05) is 24.2 Å². The number of carbonyl (C=O) groups is 1. The number of aromatic nitrogens is 3. The van der Waals surface area contributed by atoms with Gasteiger partial charge < -0.3 is 13.9 Å². The van der Waals surface area contributed by atoms with E-state index < -0.39 is 11.7 Å². The number of aryl methyl sites for hydroxylation is 1. The molecule has 0 bridgehead atoms. The molecular formula is C20H21F3N4O3. The number of pyridine rings is 1. The van der Waals surface area contributed by atoms with Gasteiger partial charge in [-0.25, -0.2) is 4.98 Å². The van der Waals surface area contributed by atoms with E-state index in [1.807, 2.05) is 13.8 Å². The van der Waals surface area contributed by atoms with Gasteiger partial charge in [0.15, 0.2) is 0 Å². The Morgan fingerprint density at radius 2 is 2.00 bits per heavy atom. The van der Waals surface area contributed by atoms with Crippen molar-refractivity contribution in [3.8, 4) is 0 Å². The van der Waals surface area contributed by atoms with E-state index in [4.69, 9.17) is 9.05 Å². The summed E-state index contributed by atoms with van der Waals surface area (Å²) < 4.78 is 51.1. The molecule has 4 rings (SSSR count). The molecule has 0 unspecified atom stereocenters. The molecular weight excluding hydrogens is 401 g/mol. The second-order valence-electron chi connectivity index (χ2n) is 7.90. The summed E-state index contributed by atoms with van der Waals surface area (Å²) in [6.07, 6.45) is -3.32. The summed E-state index contributed by atoms with van der Waals surface area (Å²) in [5, 5.41) is 7.41. The number of hydrogen-bond acceptors (Lipinski definition) is 6. The second-order valence-corrected chi connectivity index (χ2v) is 7.90. The molecule has 4 heterocycles. The minimum atomic E-state index is -4.57. The van der Waals surface area contributed by atoms with Crippen molar-refractivity contribution in [3.63, 3.8) is 0 Å². The lowest BCUT2D eigenvalue weighted by molar-refractivity contribution is -0.136. The standard InChI is InChI=1S/C20H21F3N4O3/c1-10(2)14-8-16(29-26-14)19(28)27-6-4-5-12(9-27)15-7-13(20(21,22)23)17-11(3)25-30-18(17)24-15/h7-8,10,12H,4-6,9H2,1-3H3/t12-/m1/s1. The number of nitrogens with zero attached hydrogens (tertiary/aromatic N) is 4. The van der Waals surface area contributed by atoms with Crippen LogP contribution in [-0.2, 0) is 6.18 Å². The van der Waals surface area contributed by atoms with E-state index in [1.54, 1.807) is 11.0 Å². The van der Waals surface area contributed by atoms with E-state index in [9.17, 15) is 18.0 Å². The van der Waals surface area contributed by atoms with Crippen molar-refractivity contribution >= 4 is 17.0 Å². The molecule has 1 aliphatic heterocycles. The maximum absolute atomic E-state index is 13.6. The quantitative estimate of drug-likeness (QED) is 0.609. The van der Waals surface area contributed by atoms with Crippen molar-refractivity contribution in [2.45, 2.75) is 51.6 Å². The Kier molecular flexibility index (Phi) is 5.03. The summed E-state index contributed by atoms with van der Waals surface area (Å²) in [5.41, 5.74) is 0.0978. The van der Waals surface area contributed by atoms with E-state index >= 15 is 0 Å². The third-order valence-corrected chi connectivity index (χ3v) is 5.40. The van der Waals surface area contributed by atoms with Crippen LogP contribution in [0.15, 0.2) is 21.2 Å². The zero-order valence-electron chi connectivity index (χ0n) is 16.8. The SMILES string of the molecule is Cc1noc2nc([C@@H]3CCCN(C(=O)c4cc(C(C)C)no4)C3)cc(C(F)(F)F)c12. The van der Waals surface area contributed by atoms with Gasteiger partial charge in [0.1, 0.15) is 0 Å². The second kappa shape index (κ2) is 7.41. The van der Waals surface area contributed by atoms with Crippen LogP contribution in [0.1, 0.15) is 71.7 Å². The summed E-state index contributed by atoms with van der Waals surface area (Å²) in [7, 11) is 0. The molecule has 1 amide bonds. The van der Waals surface area contributed by atoms with Crippen LogP contribution in [0.3, 0.4) is 0 Å². The van der Waals surface area contributed by atoms with Gasteiger partial charge in [0.05, 0.1) is 28.0 Å². The molecule has 1 saturated heterocycles. The smallest absolute Gasteiger partial charge is 0.351 e. The maximum Gasteiger partial charge on any atom is 0.417 e. The predicted molar refractivity (Wildman–Crippen MR) is 100 cm³/mol. The van der Waals surface area contributed by atoms with E-state index in [2.05, 4.69) is 15.3 Å². The van der Waals surface area contributed by atoms with Crippen LogP contribution in [0.25, 0.3) is 11.1 Å². The number of fused-ring (bicyclic) bond motifs is 1. The molecule has 3 aromatic heterocycles. The zero-order valence-corrected chi connectivity index (χ0v) is 16.8. The molecule has 0 aliphatic carbocycles. The number of piperidine rings is 1. The Bertz CT molecular complexity index is 1090. The minimum Gasteiger partial charge on any atom is -0.351 e. The Balaban J connectivity index is 1.63. The highest BCUT2D eigenvalue weighted by Crippen LogP contribution is 2.38. The van der Waals surface area contributed by atoms with Gasteiger partial charge in [-0.2, -0.15) is 13.2 Å². The molecule has 0 spiro atoms. The van der Waals surface area contributed by atoms with Gasteiger partial charge in [0.2, 0.25) is 5.76 Å². The predicted octanol–water partition coefficient (Wildman–Crippen LogP) is 4.68. The van der Waals surface area contributed by atoms with Gasteiger partial charge in [-0.15, -0.1) is 0 Å². The van der Waals surface area contributed by atoms with E-state index in [-0.39, 0.29) is 52.5 Å². The van der Waals surface area contributed by atoms with Gasteiger partial charge in [0, 0.05) is 25.1 Å². The molecule has 1 atom stereocenters. The number of likely N-dealkylation sites (tertiary alicyclic amines) is 1. The van der Waals surface area contributed by atoms with Crippen molar-refractivity contribution in [2.24, 2.45) is 0 Å². The van der Waals surface area contributed by atoms with Crippen molar-refractivity contribution in [1.82, 2.24) is 20.2 Å². The first-order valence-corrected chi connectivity index (χ1v) is 9.75. The fourth-order valence-electron chi connectivity index (χ4n) is 3.77. The maximum atomic E-state index is 13.6. The molecule has 0 radical (unpaired) electrons. The minimum absolute atomic E-state index is 0.117. The van der Waals surface area contributed by atoms with Crippen LogP contribution < -0.4 is 0 Å². The Labute approximate surface area is 170 Å². The fraction of sp³-hybridized carbons (Fsp3) is 0.500. The van der Waals surface area contributed by atoms with Gasteiger partial charge >= 0.3 is 6.18 Å². The van der Waals surface area contributed by atoms with Gasteiger partial charge in [-0.3, -0.25) is 4.79 Å². The summed E-state index contributed by atoms with van der Waals surface area (Å²) in [6.45, 7) is 6.05. The molecule has 3 aromatic rings. The number of hydrogen-bond donors (Lipinski definition) is 0. The van der Waals surface area contributed by atoms with Crippen LogP contribution in [0.4, 0.5) is 13.2 Å². The first-order chi connectivity index (χ1) is 14.1. The highest BCUT2D eigenvalue weighted by Gasteiger charge is 2.37. The van der Waals surface area contributed by atoms with Crippen LogP contribution in [-0.4, -0.2) is 39.2 Å². The highest BCUT2D eigenvalue weighted by molar-refractivity contribution is 5.91. The molecule has 1 aliphatic rings. The molecule has 30 heavy (non-hydrogen) atoms. The fourth-order valence-corrected chi connectivity index (χ4v) is 3.77. The number of alkyl halides is 3. The molecule has 1 fully saturated rings. The largest absolute Gasteiger partial charge is 0.417 e. The van der Waals surface area contributed by atoms with Crippen molar-refractivity contribution in [1.29, 1.82) is 0 Å². The summed E-state index contributed by atoms with van der Waals surface area (Å²) in [6, 6.07) is 2.66. The summed E-state index contributed by atoms with van der Waals surface area (Å²) in [4.78, 5) is 18.7. The van der Waals surface area contributed by atoms with Crippen molar-refractivity contribution in [2.75, 3.05) is 13.1 Å². The number of halogens is 3. The third kappa shape index (κ3) is 3.66. The Hall–Kier alpha value is -2.91. The molecule has 0 N–H and O–H groups in total. The van der Waals surface area contributed by atoms with Crippen LogP contribution in [0, 0.1) is 6.92 Å². The monoisotopic (exact) mass is 422 g/mol. The first kappa shape index (κ1) is 20.4. The Morgan fingerprint density at radius 1 is 1.23 bits per heavy atom. The summed E-state index contributed by atoms with van der Waals surface area (Å²) in [5.74, 6) is -0.436. The van der Waals surface area contributed by atoms with E-state index in [0.717, 1.165) is 6.07 Å². The van der Waals surface area contributed by atoms with E-state index in [0.29, 0.717) is 25.1 Å². The normalized spacial score (nSPS) is 17.8. The number of amides is 1. The molecule has 0 aromatic carbocycles. The van der Waals surface area contributed by atoms with Gasteiger partial charge in [0.25, 0.3) is 11.6 Å². The van der Waals surface area contributed by atoms with E-state index in [1.165, 1.54) is 6.92 Å². The zero-order chi connectivity index (χ0) is 21.6. The summed E-state index contributed by atoms with van der Waals surface area (Å²) >= 11 is 0. The first-order valence-electron chi connectivity index (χ1n) is 9.75. The average molecular weight is 422 g/mol. The molecule has 10 heteroatoms. The van der Waals surface area contributed by atoms with Crippen LogP contribution >= 0.6 is 0 Å². The van der Waals surface area contributed by atoms with Crippen LogP contribution in [0.2, 0.25) is 0 Å². The lowest BCUT2D eigenvalue weighted by Crippen LogP contribution is -2.39. The lowest BCUT2D eigenvalue weighted by Gasteiger charge is -2.32. The van der Waals surface area contributed by atoms with Gasteiger partial charge in [-0.05, 0) is 31.7 Å². The molecule has 7 nitrogen and oxygen atoms in total. The number of carbonyl (C=O) groups excluding carboxylic acids is 1. The third-order valence-electron chi connectivity index (χ3n) is 5.40. The average Bonchev–Trinajstić information content (AvgIpc) is 3.34. The topological polar surface area (TPSA) is 85.3 Å². The van der Waals surface area contributed by atoms with Crippen molar-refractivity contribution < 1.29 is 27.0 Å². The highest BCUT2D eigenvalue weighted by atomic mass is 19.4. The lowest BCUT2D eigenvalue weighted by atomic mass is 9.92. The molecule has 0 saturated carbocycles.